The van der Waals surface area contributed by atoms with Crippen LogP contribution in [0.4, 0.5) is 5.69 Å². The maximum Gasteiger partial charge on any atom is 0.279 e. The van der Waals surface area contributed by atoms with E-state index in [4.69, 9.17) is 0 Å². The molecule has 25 heavy (non-hydrogen) atoms. The van der Waals surface area contributed by atoms with E-state index in [9.17, 15) is 9.59 Å². The van der Waals surface area contributed by atoms with E-state index < -0.39 is 0 Å². The molecular weight excluding hydrogens is 314 g/mol. The van der Waals surface area contributed by atoms with Gasteiger partial charge in [0.2, 0.25) is 0 Å². The normalized spacial score (nSPS) is 22.7. The molecule has 0 radical (unpaired) electrons. The highest BCUT2D eigenvalue weighted by atomic mass is 16.2. The fourth-order valence-corrected chi connectivity index (χ4v) is 3.31. The molecule has 1 aromatic rings. The predicted molar refractivity (Wildman–Crippen MR) is 101 cm³/mol. The van der Waals surface area contributed by atoms with Gasteiger partial charge in [0.25, 0.3) is 11.8 Å². The maximum atomic E-state index is 12.5. The molecule has 4 atom stereocenters. The van der Waals surface area contributed by atoms with E-state index in [0.29, 0.717) is 5.92 Å². The average molecular weight is 346 g/mol. The van der Waals surface area contributed by atoms with Crippen molar-refractivity contribution in [1.82, 2.24) is 5.32 Å². The molecule has 1 aromatic carbocycles. The van der Waals surface area contributed by atoms with E-state index in [1.165, 1.54) is 19.3 Å². The lowest BCUT2D eigenvalue weighted by molar-refractivity contribution is -0.885. The van der Waals surface area contributed by atoms with E-state index >= 15 is 0 Å². The number of hydrogen-bond acceptors (Lipinski definition) is 2. The molecule has 0 heterocycles. The Morgan fingerprint density at radius 3 is 2.48 bits per heavy atom. The Bertz CT molecular complexity index is 585. The minimum absolute atomic E-state index is 0.0411. The highest BCUT2D eigenvalue weighted by molar-refractivity contribution is 5.91. The van der Waals surface area contributed by atoms with Crippen LogP contribution in [0, 0.1) is 12.8 Å². The summed E-state index contributed by atoms with van der Waals surface area (Å²) >= 11 is 0. The van der Waals surface area contributed by atoms with Gasteiger partial charge in [-0.1, -0.05) is 37.5 Å². The number of quaternary nitrogens is 1. The number of rotatable bonds is 6. The van der Waals surface area contributed by atoms with Gasteiger partial charge in [0.1, 0.15) is 0 Å². The summed E-state index contributed by atoms with van der Waals surface area (Å²) in [6.45, 7) is 6.37. The van der Waals surface area contributed by atoms with E-state index in [2.05, 4.69) is 17.6 Å². The molecule has 1 aliphatic carbocycles. The van der Waals surface area contributed by atoms with Gasteiger partial charge in [-0.15, -0.1) is 0 Å². The summed E-state index contributed by atoms with van der Waals surface area (Å²) in [5, 5.41) is 6.08. The molecular formula is C20H32N3O2+. The van der Waals surface area contributed by atoms with Crippen LogP contribution in [0.1, 0.15) is 45.1 Å². The van der Waals surface area contributed by atoms with Crippen molar-refractivity contribution in [2.75, 3.05) is 18.9 Å². The Balaban J connectivity index is 1.81. The minimum atomic E-state index is -0.252. The third-order valence-electron chi connectivity index (χ3n) is 5.35. The SMILES string of the molecule is Cc1ccc(NC(=O)C[NH+](C)[C@H](C)C(=O)N[C@@H]2CCCC[C@@H]2C)cc1. The van der Waals surface area contributed by atoms with Crippen molar-refractivity contribution in [3.8, 4) is 0 Å². The molecule has 5 heteroatoms. The Hall–Kier alpha value is -1.88. The van der Waals surface area contributed by atoms with Crippen LogP contribution in [0.25, 0.3) is 0 Å². The van der Waals surface area contributed by atoms with Gasteiger partial charge in [-0.3, -0.25) is 9.59 Å². The smallest absolute Gasteiger partial charge is 0.279 e. The Morgan fingerprint density at radius 2 is 1.84 bits per heavy atom. The van der Waals surface area contributed by atoms with Crippen LogP contribution in [0.3, 0.4) is 0 Å². The first kappa shape index (κ1) is 19.4. The topological polar surface area (TPSA) is 62.6 Å². The van der Waals surface area contributed by atoms with Gasteiger partial charge in [0.15, 0.2) is 12.6 Å². The number of nitrogens with one attached hydrogen (secondary N) is 3. The first-order valence-electron chi connectivity index (χ1n) is 9.36. The van der Waals surface area contributed by atoms with Crippen LogP contribution >= 0.6 is 0 Å². The summed E-state index contributed by atoms with van der Waals surface area (Å²) < 4.78 is 0. The molecule has 0 saturated heterocycles. The second-order valence-electron chi connectivity index (χ2n) is 7.54. The first-order chi connectivity index (χ1) is 11.9. The van der Waals surface area contributed by atoms with Crippen molar-refractivity contribution in [3.05, 3.63) is 29.8 Å². The van der Waals surface area contributed by atoms with E-state index in [1.54, 1.807) is 0 Å². The summed E-state index contributed by atoms with van der Waals surface area (Å²) in [5.74, 6) is 0.501. The number of carbonyl (C=O) groups is 2. The lowest BCUT2D eigenvalue weighted by Crippen LogP contribution is -3.15. The van der Waals surface area contributed by atoms with E-state index in [-0.39, 0.29) is 30.4 Å². The number of hydrogen-bond donors (Lipinski definition) is 3. The Labute approximate surface area is 151 Å². The van der Waals surface area contributed by atoms with Gasteiger partial charge in [-0.2, -0.15) is 0 Å². The predicted octanol–water partition coefficient (Wildman–Crippen LogP) is 1.53. The average Bonchev–Trinajstić information content (AvgIpc) is 2.58. The van der Waals surface area contributed by atoms with Crippen molar-refractivity contribution in [3.63, 3.8) is 0 Å². The fraction of sp³-hybridized carbons (Fsp3) is 0.600. The summed E-state index contributed by atoms with van der Waals surface area (Å²) in [4.78, 5) is 25.6. The van der Waals surface area contributed by atoms with Crippen LogP contribution in [-0.4, -0.2) is 37.5 Å². The summed E-state index contributed by atoms with van der Waals surface area (Å²) in [7, 11) is 1.89. The molecule has 1 unspecified atom stereocenters. The first-order valence-corrected chi connectivity index (χ1v) is 9.36. The van der Waals surface area contributed by atoms with Crippen molar-refractivity contribution < 1.29 is 14.5 Å². The maximum absolute atomic E-state index is 12.5. The van der Waals surface area contributed by atoms with Crippen LogP contribution < -0.4 is 15.5 Å². The molecule has 1 fully saturated rings. The van der Waals surface area contributed by atoms with Crippen molar-refractivity contribution in [2.24, 2.45) is 5.92 Å². The summed E-state index contributed by atoms with van der Waals surface area (Å²) in [6, 6.07) is 7.74. The van der Waals surface area contributed by atoms with Crippen LogP contribution in [0.2, 0.25) is 0 Å². The van der Waals surface area contributed by atoms with Gasteiger partial charge < -0.3 is 15.5 Å². The molecule has 2 amide bonds. The molecule has 0 aliphatic heterocycles. The zero-order valence-electron chi connectivity index (χ0n) is 15.9. The lowest BCUT2D eigenvalue weighted by Gasteiger charge is -2.31. The highest BCUT2D eigenvalue weighted by Gasteiger charge is 2.29. The second-order valence-corrected chi connectivity index (χ2v) is 7.54. The van der Waals surface area contributed by atoms with Gasteiger partial charge in [0, 0.05) is 11.7 Å². The standard InChI is InChI=1S/C20H31N3O2/c1-14-9-11-17(12-10-14)21-19(24)13-23(4)16(3)20(25)22-18-8-6-5-7-15(18)2/h9-12,15-16,18H,5-8,13H2,1-4H3,(H,21,24)(H,22,25)/p+1/t15-,16+,18+/m0/s1. The molecule has 1 aliphatic rings. The van der Waals surface area contributed by atoms with Gasteiger partial charge in [0.05, 0.1) is 7.05 Å². The zero-order valence-corrected chi connectivity index (χ0v) is 15.9. The van der Waals surface area contributed by atoms with Crippen LogP contribution in [0.15, 0.2) is 24.3 Å². The number of likely N-dealkylation sites (N-methyl/N-ethyl adjacent to an activating group) is 1. The second kappa shape index (κ2) is 8.99. The van der Waals surface area contributed by atoms with Crippen LogP contribution in [-0.2, 0) is 9.59 Å². The number of carbonyl (C=O) groups excluding carboxylic acids is 2. The van der Waals surface area contributed by atoms with Crippen molar-refractivity contribution in [2.45, 2.75) is 58.5 Å². The third-order valence-corrected chi connectivity index (χ3v) is 5.35. The number of amides is 2. The summed E-state index contributed by atoms with van der Waals surface area (Å²) in [5.41, 5.74) is 1.94. The van der Waals surface area contributed by atoms with Gasteiger partial charge >= 0.3 is 0 Å². The quantitative estimate of drug-likeness (QED) is 0.731. The molecule has 2 rings (SSSR count). The van der Waals surface area contributed by atoms with E-state index in [1.807, 2.05) is 45.2 Å². The van der Waals surface area contributed by atoms with E-state index in [0.717, 1.165) is 22.6 Å². The zero-order chi connectivity index (χ0) is 18.4. The third kappa shape index (κ3) is 5.85. The molecule has 3 N–H and O–H groups in total. The van der Waals surface area contributed by atoms with Crippen molar-refractivity contribution >= 4 is 17.5 Å². The molecule has 138 valence electrons. The fourth-order valence-electron chi connectivity index (χ4n) is 3.31. The minimum Gasteiger partial charge on any atom is -0.348 e. The number of aryl methyl sites for hydroxylation is 1. The Morgan fingerprint density at radius 1 is 1.20 bits per heavy atom. The van der Waals surface area contributed by atoms with Crippen LogP contribution in [0.5, 0.6) is 0 Å². The molecule has 0 spiro atoms. The molecule has 0 bridgehead atoms. The Kier molecular flexibility index (Phi) is 7.00. The number of benzene rings is 1. The molecule has 1 saturated carbocycles. The lowest BCUT2D eigenvalue weighted by atomic mass is 9.86. The van der Waals surface area contributed by atoms with Crippen molar-refractivity contribution in [1.29, 1.82) is 0 Å². The number of anilines is 1. The monoisotopic (exact) mass is 346 g/mol. The van der Waals surface area contributed by atoms with Gasteiger partial charge in [-0.25, -0.2) is 0 Å². The summed E-state index contributed by atoms with van der Waals surface area (Å²) in [6.07, 6.45) is 4.69. The highest BCUT2D eigenvalue weighted by Crippen LogP contribution is 2.23. The van der Waals surface area contributed by atoms with Gasteiger partial charge in [-0.05, 0) is 44.7 Å². The largest absolute Gasteiger partial charge is 0.348 e. The molecule has 0 aromatic heterocycles. The molecule has 5 nitrogen and oxygen atoms in total.